The summed E-state index contributed by atoms with van der Waals surface area (Å²) in [4.78, 5) is 37.4. The van der Waals surface area contributed by atoms with E-state index in [0.717, 1.165) is 16.9 Å². The van der Waals surface area contributed by atoms with E-state index in [1.165, 1.54) is 0 Å². The number of benzene rings is 2. The molecule has 0 aliphatic carbocycles. The van der Waals surface area contributed by atoms with Gasteiger partial charge >= 0.3 is 0 Å². The van der Waals surface area contributed by atoms with E-state index in [1.807, 2.05) is 50.2 Å². The summed E-state index contributed by atoms with van der Waals surface area (Å²) in [6.07, 6.45) is 1.53. The number of amides is 3. The topological polar surface area (TPSA) is 90.5 Å². The van der Waals surface area contributed by atoms with E-state index in [2.05, 4.69) is 16.0 Å². The van der Waals surface area contributed by atoms with Gasteiger partial charge in [-0.3, -0.25) is 14.4 Å². The fourth-order valence-electron chi connectivity index (χ4n) is 2.92. The normalized spacial score (nSPS) is 10.5. The number of anilines is 3. The Morgan fingerprint density at radius 2 is 1.52 bits per heavy atom. The van der Waals surface area contributed by atoms with Crippen molar-refractivity contribution in [2.24, 2.45) is 5.92 Å². The van der Waals surface area contributed by atoms with Gasteiger partial charge in [0.1, 0.15) is 0 Å². The molecule has 7 nitrogen and oxygen atoms in total. The van der Waals surface area contributed by atoms with E-state index in [4.69, 9.17) is 0 Å². The quantitative estimate of drug-likeness (QED) is 0.542. The van der Waals surface area contributed by atoms with Crippen molar-refractivity contribution in [3.05, 3.63) is 54.1 Å². The minimum atomic E-state index is -0.171. The van der Waals surface area contributed by atoms with Gasteiger partial charge < -0.3 is 20.9 Å². The number of rotatable bonds is 10. The minimum Gasteiger partial charge on any atom is -0.376 e. The number of hydrogen-bond donors (Lipinski definition) is 3. The van der Waals surface area contributed by atoms with E-state index in [9.17, 15) is 14.4 Å². The summed E-state index contributed by atoms with van der Waals surface area (Å²) in [6, 6.07) is 14.8. The first-order chi connectivity index (χ1) is 14.7. The highest BCUT2D eigenvalue weighted by Crippen LogP contribution is 2.15. The van der Waals surface area contributed by atoms with Crippen LogP contribution in [0.15, 0.2) is 48.5 Å². The molecular formula is C24H32N4O3. The van der Waals surface area contributed by atoms with Crippen molar-refractivity contribution in [2.45, 2.75) is 33.1 Å². The average molecular weight is 425 g/mol. The summed E-state index contributed by atoms with van der Waals surface area (Å²) >= 11 is 0. The summed E-state index contributed by atoms with van der Waals surface area (Å²) in [6.45, 7) is 4.11. The lowest BCUT2D eigenvalue weighted by molar-refractivity contribution is -0.128. The molecule has 3 N–H and O–H groups in total. The second kappa shape index (κ2) is 11.7. The van der Waals surface area contributed by atoms with Gasteiger partial charge in [0, 0.05) is 44.0 Å². The molecule has 2 aromatic carbocycles. The predicted molar refractivity (Wildman–Crippen MR) is 125 cm³/mol. The first-order valence-electron chi connectivity index (χ1n) is 10.5. The molecule has 0 saturated carbocycles. The monoisotopic (exact) mass is 424 g/mol. The fourth-order valence-corrected chi connectivity index (χ4v) is 2.92. The second-order valence-corrected chi connectivity index (χ2v) is 8.11. The first kappa shape index (κ1) is 23.9. The number of carbonyl (C=O) groups excluding carboxylic acids is 3. The molecule has 3 amide bonds. The second-order valence-electron chi connectivity index (χ2n) is 8.11. The number of carbonyl (C=O) groups is 3. The molecule has 0 atom stereocenters. The molecule has 0 aliphatic rings. The molecule has 0 fully saturated rings. The zero-order valence-electron chi connectivity index (χ0n) is 18.7. The molecule has 0 heterocycles. The van der Waals surface area contributed by atoms with Gasteiger partial charge in [-0.1, -0.05) is 26.0 Å². The molecule has 166 valence electrons. The van der Waals surface area contributed by atoms with Gasteiger partial charge in [-0.2, -0.15) is 0 Å². The summed E-state index contributed by atoms with van der Waals surface area (Å²) in [7, 11) is 3.48. The molecular weight excluding hydrogens is 392 g/mol. The fraction of sp³-hybridized carbons (Fsp3) is 0.375. The van der Waals surface area contributed by atoms with Crippen LogP contribution in [0.25, 0.3) is 0 Å². The maximum absolute atomic E-state index is 12.3. The molecule has 31 heavy (non-hydrogen) atoms. The molecule has 0 bridgehead atoms. The van der Waals surface area contributed by atoms with Gasteiger partial charge in [0.05, 0.1) is 6.54 Å². The summed E-state index contributed by atoms with van der Waals surface area (Å²) in [5, 5.41) is 8.79. The van der Waals surface area contributed by atoms with Crippen LogP contribution in [0.3, 0.4) is 0 Å². The van der Waals surface area contributed by atoms with E-state index in [1.54, 1.807) is 31.1 Å². The molecule has 0 unspecified atom stereocenters. The van der Waals surface area contributed by atoms with Crippen LogP contribution in [0.4, 0.5) is 17.1 Å². The van der Waals surface area contributed by atoms with Crippen LogP contribution in [0.5, 0.6) is 0 Å². The Labute approximate surface area is 184 Å². The Kier molecular flexibility index (Phi) is 9.06. The summed E-state index contributed by atoms with van der Waals surface area (Å²) in [5.41, 5.74) is 3.21. The number of aryl methyl sites for hydroxylation is 1. The number of nitrogens with zero attached hydrogens (tertiary/aromatic N) is 1. The zero-order chi connectivity index (χ0) is 22.8. The van der Waals surface area contributed by atoms with Crippen LogP contribution in [-0.4, -0.2) is 43.3 Å². The highest BCUT2D eigenvalue weighted by atomic mass is 16.2. The SMILES string of the molecule is CC(C)CC(=O)Nc1ccc(NCC(=O)Nc2cccc(CCC(=O)N(C)C)c2)cc1. The third-order valence-corrected chi connectivity index (χ3v) is 4.55. The highest BCUT2D eigenvalue weighted by molar-refractivity contribution is 5.94. The minimum absolute atomic E-state index is 0.0107. The Morgan fingerprint density at radius 1 is 0.871 bits per heavy atom. The van der Waals surface area contributed by atoms with Gasteiger partial charge in [0.25, 0.3) is 0 Å². The van der Waals surface area contributed by atoms with Crippen molar-refractivity contribution in [3.63, 3.8) is 0 Å². The standard InChI is InChI=1S/C24H32N4O3/c1-17(2)14-22(29)26-20-11-9-19(10-12-20)25-16-23(30)27-21-7-5-6-18(15-21)8-13-24(31)28(3)4/h5-7,9-12,15,17,25H,8,13-14,16H2,1-4H3,(H,26,29)(H,27,30). The van der Waals surface area contributed by atoms with E-state index in [-0.39, 0.29) is 24.3 Å². The van der Waals surface area contributed by atoms with Gasteiger partial charge in [0.2, 0.25) is 17.7 Å². The first-order valence-corrected chi connectivity index (χ1v) is 10.5. The van der Waals surface area contributed by atoms with E-state index < -0.39 is 0 Å². The van der Waals surface area contributed by atoms with Crippen LogP contribution in [-0.2, 0) is 20.8 Å². The van der Waals surface area contributed by atoms with Crippen LogP contribution in [0, 0.1) is 5.92 Å². The van der Waals surface area contributed by atoms with Crippen molar-refractivity contribution >= 4 is 34.8 Å². The molecule has 0 saturated heterocycles. The van der Waals surface area contributed by atoms with Gasteiger partial charge in [-0.05, 0) is 54.3 Å². The molecule has 2 rings (SSSR count). The van der Waals surface area contributed by atoms with Crippen LogP contribution >= 0.6 is 0 Å². The number of nitrogens with one attached hydrogen (secondary N) is 3. The Bertz CT molecular complexity index is 892. The molecule has 2 aromatic rings. The van der Waals surface area contributed by atoms with Crippen LogP contribution in [0.2, 0.25) is 0 Å². The van der Waals surface area contributed by atoms with Crippen molar-refractivity contribution in [3.8, 4) is 0 Å². The molecule has 0 aromatic heterocycles. The lowest BCUT2D eigenvalue weighted by atomic mass is 10.1. The molecule has 0 aliphatic heterocycles. The Balaban J connectivity index is 1.80. The molecule has 7 heteroatoms. The average Bonchev–Trinajstić information content (AvgIpc) is 2.71. The van der Waals surface area contributed by atoms with Crippen LogP contribution < -0.4 is 16.0 Å². The van der Waals surface area contributed by atoms with Gasteiger partial charge in [0.15, 0.2) is 0 Å². The third kappa shape index (κ3) is 8.90. The van der Waals surface area contributed by atoms with Crippen molar-refractivity contribution in [1.82, 2.24) is 4.90 Å². The maximum Gasteiger partial charge on any atom is 0.243 e. The van der Waals surface area contributed by atoms with E-state index in [0.29, 0.717) is 30.9 Å². The smallest absolute Gasteiger partial charge is 0.243 e. The van der Waals surface area contributed by atoms with Gasteiger partial charge in [-0.15, -0.1) is 0 Å². The van der Waals surface area contributed by atoms with Crippen molar-refractivity contribution < 1.29 is 14.4 Å². The van der Waals surface area contributed by atoms with Crippen molar-refractivity contribution in [1.29, 1.82) is 0 Å². The predicted octanol–water partition coefficient (Wildman–Crippen LogP) is 3.74. The molecule has 0 radical (unpaired) electrons. The highest BCUT2D eigenvalue weighted by Gasteiger charge is 2.08. The van der Waals surface area contributed by atoms with E-state index >= 15 is 0 Å². The lowest BCUT2D eigenvalue weighted by Gasteiger charge is -2.11. The Morgan fingerprint density at radius 3 is 2.16 bits per heavy atom. The third-order valence-electron chi connectivity index (χ3n) is 4.55. The maximum atomic E-state index is 12.3. The largest absolute Gasteiger partial charge is 0.376 e. The van der Waals surface area contributed by atoms with Gasteiger partial charge in [-0.25, -0.2) is 0 Å². The Hall–Kier alpha value is -3.35. The zero-order valence-corrected chi connectivity index (χ0v) is 18.7. The summed E-state index contributed by atoms with van der Waals surface area (Å²) < 4.78 is 0. The number of hydrogen-bond acceptors (Lipinski definition) is 4. The summed E-state index contributed by atoms with van der Waals surface area (Å²) in [5.74, 6) is 0.198. The van der Waals surface area contributed by atoms with Crippen LogP contribution in [0.1, 0.15) is 32.3 Å². The molecule has 0 spiro atoms. The van der Waals surface area contributed by atoms with Crippen molar-refractivity contribution in [2.75, 3.05) is 36.6 Å². The lowest BCUT2D eigenvalue weighted by Crippen LogP contribution is -2.22.